The van der Waals surface area contributed by atoms with Gasteiger partial charge in [-0.15, -0.1) is 11.3 Å². The maximum absolute atomic E-state index is 2.50. The third kappa shape index (κ3) is 3.56. The summed E-state index contributed by atoms with van der Waals surface area (Å²) in [6.45, 7) is 0. The van der Waals surface area contributed by atoms with E-state index in [0.717, 1.165) is 5.69 Å². The van der Waals surface area contributed by atoms with Crippen LogP contribution in [0.25, 0.3) is 86.3 Å². The van der Waals surface area contributed by atoms with E-state index < -0.39 is 0 Å². The second kappa shape index (κ2) is 9.43. The number of benzene rings is 7. The first-order valence-electron chi connectivity index (χ1n) is 15.4. The number of nitrogens with zero attached hydrogens (tertiary/aromatic N) is 2. The van der Waals surface area contributed by atoms with Gasteiger partial charge in [0, 0.05) is 53.1 Å². The molecule has 0 saturated carbocycles. The Morgan fingerprint density at radius 3 is 1.89 bits per heavy atom. The van der Waals surface area contributed by atoms with Crippen molar-refractivity contribution >= 4 is 75.1 Å². The zero-order valence-electron chi connectivity index (χ0n) is 24.3. The van der Waals surface area contributed by atoms with Crippen molar-refractivity contribution in [3.8, 4) is 22.5 Å². The first-order chi connectivity index (χ1) is 22.3. The molecule has 10 rings (SSSR count). The quantitative estimate of drug-likeness (QED) is 0.194. The molecule has 0 bridgehead atoms. The van der Waals surface area contributed by atoms with Crippen LogP contribution in [0.5, 0.6) is 0 Å². The van der Waals surface area contributed by atoms with Gasteiger partial charge in [0.05, 0.1) is 22.1 Å². The van der Waals surface area contributed by atoms with E-state index in [0.29, 0.717) is 0 Å². The first kappa shape index (κ1) is 24.8. The van der Waals surface area contributed by atoms with Gasteiger partial charge in [-0.3, -0.25) is 0 Å². The molecular formula is C42H26N2S. The Kier molecular flexibility index (Phi) is 5.19. The van der Waals surface area contributed by atoms with E-state index in [1.54, 1.807) is 0 Å². The lowest BCUT2D eigenvalue weighted by Gasteiger charge is -2.11. The molecule has 0 aliphatic carbocycles. The second-order valence-corrected chi connectivity index (χ2v) is 12.8. The average molecular weight is 591 g/mol. The molecule has 3 heteroatoms. The van der Waals surface area contributed by atoms with Crippen LogP contribution in [0.4, 0.5) is 0 Å². The summed E-state index contributed by atoms with van der Waals surface area (Å²) in [5.41, 5.74) is 9.68. The van der Waals surface area contributed by atoms with Crippen LogP contribution in [0, 0.1) is 0 Å². The molecule has 7 aromatic carbocycles. The minimum absolute atomic E-state index is 1.16. The van der Waals surface area contributed by atoms with Crippen LogP contribution in [0.1, 0.15) is 0 Å². The molecule has 0 atom stereocenters. The lowest BCUT2D eigenvalue weighted by molar-refractivity contribution is 1.18. The fraction of sp³-hybridized carbons (Fsp3) is 0. The van der Waals surface area contributed by atoms with Gasteiger partial charge in [0.25, 0.3) is 0 Å². The van der Waals surface area contributed by atoms with Gasteiger partial charge in [0.2, 0.25) is 0 Å². The SMILES string of the molecule is c1ccc(-c2cccc(-n3c4ccccc4c4c3ccc3c5ccccc5n(-c5ccc6sc7ccccc7c6c5)c34)c2)cc1. The summed E-state index contributed by atoms with van der Waals surface area (Å²) in [6, 6.07) is 57.7. The van der Waals surface area contributed by atoms with Crippen LogP contribution >= 0.6 is 11.3 Å². The third-order valence-corrected chi connectivity index (χ3v) is 10.5. The monoisotopic (exact) mass is 590 g/mol. The van der Waals surface area contributed by atoms with Crippen LogP contribution in [-0.4, -0.2) is 9.13 Å². The Morgan fingerprint density at radius 2 is 1.02 bits per heavy atom. The van der Waals surface area contributed by atoms with Crippen LogP contribution < -0.4 is 0 Å². The summed E-state index contributed by atoms with van der Waals surface area (Å²) >= 11 is 1.87. The molecule has 2 nitrogen and oxygen atoms in total. The zero-order chi connectivity index (χ0) is 29.5. The number of aromatic nitrogens is 2. The molecular weight excluding hydrogens is 565 g/mol. The number of rotatable bonds is 3. The fourth-order valence-electron chi connectivity index (χ4n) is 7.36. The summed E-state index contributed by atoms with van der Waals surface area (Å²) < 4.78 is 7.58. The van der Waals surface area contributed by atoms with Crippen LogP contribution in [0.3, 0.4) is 0 Å². The lowest BCUT2D eigenvalue weighted by Crippen LogP contribution is -1.95. The molecule has 210 valence electrons. The maximum Gasteiger partial charge on any atom is 0.0641 e. The van der Waals surface area contributed by atoms with Crippen LogP contribution in [0.15, 0.2) is 158 Å². The fourth-order valence-corrected chi connectivity index (χ4v) is 8.45. The van der Waals surface area contributed by atoms with Gasteiger partial charge in [-0.1, -0.05) is 103 Å². The number of thiophene rings is 1. The molecule has 0 aliphatic heterocycles. The predicted octanol–water partition coefficient (Wildman–Crippen LogP) is 11.9. The highest BCUT2D eigenvalue weighted by Crippen LogP contribution is 2.43. The highest BCUT2D eigenvalue weighted by Gasteiger charge is 2.21. The molecule has 0 fully saturated rings. The number of para-hydroxylation sites is 2. The van der Waals surface area contributed by atoms with Crippen molar-refractivity contribution in [1.82, 2.24) is 9.13 Å². The summed E-state index contributed by atoms with van der Waals surface area (Å²) in [5.74, 6) is 0. The van der Waals surface area contributed by atoms with Crippen LogP contribution in [0.2, 0.25) is 0 Å². The lowest BCUT2D eigenvalue weighted by atomic mass is 10.1. The Balaban J connectivity index is 1.33. The molecule has 0 N–H and O–H groups in total. The van der Waals surface area contributed by atoms with Crippen molar-refractivity contribution in [1.29, 1.82) is 0 Å². The van der Waals surface area contributed by atoms with E-state index in [9.17, 15) is 0 Å². The Hall–Kier alpha value is -5.64. The van der Waals surface area contributed by atoms with E-state index >= 15 is 0 Å². The highest BCUT2D eigenvalue weighted by molar-refractivity contribution is 7.25. The summed E-state index contributed by atoms with van der Waals surface area (Å²) in [6.07, 6.45) is 0. The van der Waals surface area contributed by atoms with Crippen molar-refractivity contribution in [2.45, 2.75) is 0 Å². The number of hydrogen-bond acceptors (Lipinski definition) is 1. The van der Waals surface area contributed by atoms with Gasteiger partial charge < -0.3 is 9.13 Å². The highest BCUT2D eigenvalue weighted by atomic mass is 32.1. The molecule has 0 aliphatic rings. The van der Waals surface area contributed by atoms with Crippen molar-refractivity contribution in [2.24, 2.45) is 0 Å². The van der Waals surface area contributed by atoms with Crippen molar-refractivity contribution in [3.05, 3.63) is 158 Å². The maximum atomic E-state index is 2.50. The third-order valence-electron chi connectivity index (χ3n) is 9.30. The zero-order valence-corrected chi connectivity index (χ0v) is 25.1. The Labute approximate surface area is 263 Å². The average Bonchev–Trinajstić information content (AvgIpc) is 3.76. The molecule has 0 saturated heterocycles. The molecule has 45 heavy (non-hydrogen) atoms. The van der Waals surface area contributed by atoms with Gasteiger partial charge in [-0.25, -0.2) is 0 Å². The molecule has 0 amide bonds. The Bertz CT molecular complexity index is 2760. The number of fused-ring (bicyclic) bond motifs is 10. The molecule has 10 aromatic rings. The Morgan fingerprint density at radius 1 is 0.356 bits per heavy atom. The van der Waals surface area contributed by atoms with Gasteiger partial charge in [0.15, 0.2) is 0 Å². The van der Waals surface area contributed by atoms with E-state index in [2.05, 4.69) is 167 Å². The predicted molar refractivity (Wildman–Crippen MR) is 193 cm³/mol. The first-order valence-corrected chi connectivity index (χ1v) is 16.2. The van der Waals surface area contributed by atoms with Crippen molar-refractivity contribution in [2.75, 3.05) is 0 Å². The van der Waals surface area contributed by atoms with Gasteiger partial charge in [-0.2, -0.15) is 0 Å². The van der Waals surface area contributed by atoms with E-state index in [-0.39, 0.29) is 0 Å². The van der Waals surface area contributed by atoms with E-state index in [1.807, 2.05) is 11.3 Å². The largest absolute Gasteiger partial charge is 0.309 e. The van der Waals surface area contributed by atoms with Crippen LogP contribution in [-0.2, 0) is 0 Å². The van der Waals surface area contributed by atoms with E-state index in [1.165, 1.54) is 80.6 Å². The molecule has 3 heterocycles. The van der Waals surface area contributed by atoms with Gasteiger partial charge >= 0.3 is 0 Å². The minimum atomic E-state index is 1.16. The summed E-state index contributed by atoms with van der Waals surface area (Å²) in [7, 11) is 0. The second-order valence-electron chi connectivity index (χ2n) is 11.8. The normalized spacial score (nSPS) is 12.0. The van der Waals surface area contributed by atoms with E-state index in [4.69, 9.17) is 0 Å². The topological polar surface area (TPSA) is 9.86 Å². The molecule has 0 radical (unpaired) electrons. The minimum Gasteiger partial charge on any atom is -0.309 e. The van der Waals surface area contributed by atoms with Gasteiger partial charge in [-0.05, 0) is 65.7 Å². The summed E-state index contributed by atoms with van der Waals surface area (Å²) in [4.78, 5) is 0. The van der Waals surface area contributed by atoms with Gasteiger partial charge in [0.1, 0.15) is 0 Å². The standard InChI is InChI=1S/C42H26N2S/c1-2-11-27(12-3-1)28-13-10-14-29(25-28)43-37-19-8-5-17-34(37)41-38(43)23-22-33-31-15-4-7-18-36(31)44(42(33)41)30-21-24-40-35(26-30)32-16-6-9-20-39(32)45-40/h1-26H. The number of hydrogen-bond donors (Lipinski definition) is 0. The molecule has 0 unspecified atom stereocenters. The smallest absolute Gasteiger partial charge is 0.0641 e. The summed E-state index contributed by atoms with van der Waals surface area (Å²) in [5, 5.41) is 7.71. The molecule has 0 spiro atoms. The molecule has 3 aromatic heterocycles. The van der Waals surface area contributed by atoms with Crippen molar-refractivity contribution < 1.29 is 0 Å². The van der Waals surface area contributed by atoms with Crippen molar-refractivity contribution in [3.63, 3.8) is 0 Å².